The number of nitrogens with two attached hydrogens (primary N) is 1. The molecule has 21 heavy (non-hydrogen) atoms. The van der Waals surface area contributed by atoms with Crippen LogP contribution < -0.4 is 11.1 Å². The van der Waals surface area contributed by atoms with Gasteiger partial charge in [0.15, 0.2) is 0 Å². The molecule has 2 atom stereocenters. The summed E-state index contributed by atoms with van der Waals surface area (Å²) in [5.41, 5.74) is 6.78. The Balaban J connectivity index is 2.08. The largest absolute Gasteiger partial charge is 0.399 e. The highest BCUT2D eigenvalue weighted by Crippen LogP contribution is 2.42. The monoisotopic (exact) mass is 290 g/mol. The van der Waals surface area contributed by atoms with E-state index in [9.17, 15) is 4.79 Å². The minimum atomic E-state index is -0.581. The number of hydrogen-bond acceptors (Lipinski definition) is 3. The molecule has 1 amide bonds. The third kappa shape index (κ3) is 2.77. The van der Waals surface area contributed by atoms with Crippen LogP contribution in [0.25, 0.3) is 0 Å². The van der Waals surface area contributed by atoms with Crippen molar-refractivity contribution >= 4 is 11.6 Å². The lowest BCUT2D eigenvalue weighted by Crippen LogP contribution is -2.63. The summed E-state index contributed by atoms with van der Waals surface area (Å²) in [6, 6.07) is 7.65. The van der Waals surface area contributed by atoms with Crippen LogP contribution in [0.1, 0.15) is 39.7 Å². The summed E-state index contributed by atoms with van der Waals surface area (Å²) in [6.45, 7) is 8.14. The summed E-state index contributed by atoms with van der Waals surface area (Å²) in [7, 11) is 1.72. The molecule has 2 rings (SSSR count). The van der Waals surface area contributed by atoms with E-state index in [2.05, 4.69) is 19.2 Å². The minimum absolute atomic E-state index is 0.0262. The second-order valence-corrected chi connectivity index (χ2v) is 7.05. The second-order valence-electron chi connectivity index (χ2n) is 7.05. The summed E-state index contributed by atoms with van der Waals surface area (Å²) in [5.74, 6) is 0.0416. The van der Waals surface area contributed by atoms with E-state index in [-0.39, 0.29) is 23.5 Å². The van der Waals surface area contributed by atoms with Crippen LogP contribution >= 0.6 is 0 Å². The van der Waals surface area contributed by atoms with Crippen LogP contribution in [-0.2, 0) is 14.9 Å². The van der Waals surface area contributed by atoms with Crippen molar-refractivity contribution in [1.29, 1.82) is 0 Å². The molecule has 0 heterocycles. The Labute approximate surface area is 127 Å². The first-order chi connectivity index (χ1) is 9.69. The summed E-state index contributed by atoms with van der Waals surface area (Å²) >= 11 is 0. The molecule has 0 aliphatic heterocycles. The van der Waals surface area contributed by atoms with E-state index in [0.29, 0.717) is 5.69 Å². The average Bonchev–Trinajstić information content (AvgIpc) is 2.43. The molecule has 1 saturated carbocycles. The van der Waals surface area contributed by atoms with Crippen molar-refractivity contribution in [2.75, 3.05) is 12.8 Å². The molecule has 1 aliphatic carbocycles. The Hall–Kier alpha value is -1.55. The predicted molar refractivity (Wildman–Crippen MR) is 85.0 cm³/mol. The van der Waals surface area contributed by atoms with Gasteiger partial charge in [0.25, 0.3) is 0 Å². The standard InChI is InChI=1S/C17H26N2O2/c1-16(2,11-6-8-12(18)9-7-11)15(20)19-13-10-14(21-5)17(13,3)4/h6-9,13-14H,10,18H2,1-5H3,(H,19,20). The number of hydrogen-bond donors (Lipinski definition) is 2. The molecule has 2 unspecified atom stereocenters. The smallest absolute Gasteiger partial charge is 0.230 e. The quantitative estimate of drug-likeness (QED) is 0.837. The Morgan fingerprint density at radius 3 is 2.38 bits per heavy atom. The van der Waals surface area contributed by atoms with Crippen molar-refractivity contribution in [1.82, 2.24) is 5.32 Å². The Bertz CT molecular complexity index is 520. The van der Waals surface area contributed by atoms with Crippen molar-refractivity contribution in [3.05, 3.63) is 29.8 Å². The Morgan fingerprint density at radius 2 is 1.90 bits per heavy atom. The molecule has 1 aromatic rings. The molecule has 1 aromatic carbocycles. The number of nitrogens with one attached hydrogen (secondary N) is 1. The zero-order valence-electron chi connectivity index (χ0n) is 13.6. The number of rotatable bonds is 4. The van der Waals surface area contributed by atoms with Crippen LogP contribution in [0.2, 0.25) is 0 Å². The molecular weight excluding hydrogens is 264 g/mol. The maximum Gasteiger partial charge on any atom is 0.230 e. The van der Waals surface area contributed by atoms with E-state index < -0.39 is 5.41 Å². The van der Waals surface area contributed by atoms with Crippen molar-refractivity contribution in [3.8, 4) is 0 Å². The van der Waals surface area contributed by atoms with Crippen LogP contribution in [0.5, 0.6) is 0 Å². The molecule has 4 heteroatoms. The fourth-order valence-electron chi connectivity index (χ4n) is 2.90. The molecule has 116 valence electrons. The number of ether oxygens (including phenoxy) is 1. The zero-order valence-corrected chi connectivity index (χ0v) is 13.6. The number of carbonyl (C=O) groups excluding carboxylic acids is 1. The number of methoxy groups -OCH3 is 1. The first-order valence-electron chi connectivity index (χ1n) is 7.39. The van der Waals surface area contributed by atoms with Gasteiger partial charge in [0.05, 0.1) is 11.5 Å². The van der Waals surface area contributed by atoms with Gasteiger partial charge in [-0.1, -0.05) is 26.0 Å². The molecule has 0 spiro atoms. The first-order valence-corrected chi connectivity index (χ1v) is 7.39. The molecule has 3 N–H and O–H groups in total. The number of anilines is 1. The van der Waals surface area contributed by atoms with Crippen LogP contribution in [0.4, 0.5) is 5.69 Å². The third-order valence-electron chi connectivity index (χ3n) is 4.97. The topological polar surface area (TPSA) is 64.3 Å². The van der Waals surface area contributed by atoms with E-state index in [0.717, 1.165) is 12.0 Å². The van der Waals surface area contributed by atoms with E-state index in [1.54, 1.807) is 7.11 Å². The number of amides is 1. The van der Waals surface area contributed by atoms with Crippen molar-refractivity contribution < 1.29 is 9.53 Å². The van der Waals surface area contributed by atoms with Gasteiger partial charge in [-0.15, -0.1) is 0 Å². The van der Waals surface area contributed by atoms with Crippen LogP contribution in [0.3, 0.4) is 0 Å². The van der Waals surface area contributed by atoms with Gasteiger partial charge in [-0.25, -0.2) is 0 Å². The van der Waals surface area contributed by atoms with Gasteiger partial charge in [0.2, 0.25) is 5.91 Å². The van der Waals surface area contributed by atoms with Gasteiger partial charge in [-0.05, 0) is 38.0 Å². The van der Waals surface area contributed by atoms with Crippen LogP contribution in [0.15, 0.2) is 24.3 Å². The lowest BCUT2D eigenvalue weighted by molar-refractivity contribution is -0.136. The Kier molecular flexibility index (Phi) is 4.02. The molecular formula is C17H26N2O2. The zero-order chi connectivity index (χ0) is 15.8. The number of carbonyl (C=O) groups is 1. The molecule has 4 nitrogen and oxygen atoms in total. The van der Waals surface area contributed by atoms with Gasteiger partial charge in [0.1, 0.15) is 0 Å². The fourth-order valence-corrected chi connectivity index (χ4v) is 2.90. The SMILES string of the molecule is COC1CC(NC(=O)C(C)(C)c2ccc(N)cc2)C1(C)C. The molecule has 0 bridgehead atoms. The third-order valence-corrected chi connectivity index (χ3v) is 4.97. The van der Waals surface area contributed by atoms with Gasteiger partial charge < -0.3 is 15.8 Å². The predicted octanol–water partition coefficient (Wildman–Crippen LogP) is 2.48. The summed E-state index contributed by atoms with van der Waals surface area (Å²) < 4.78 is 5.43. The maximum absolute atomic E-state index is 12.7. The summed E-state index contributed by atoms with van der Waals surface area (Å²) in [5, 5.41) is 3.17. The summed E-state index contributed by atoms with van der Waals surface area (Å²) in [4.78, 5) is 12.7. The minimum Gasteiger partial charge on any atom is -0.399 e. The van der Waals surface area contributed by atoms with Gasteiger partial charge in [-0.2, -0.15) is 0 Å². The van der Waals surface area contributed by atoms with Crippen molar-refractivity contribution in [2.24, 2.45) is 5.41 Å². The van der Waals surface area contributed by atoms with Crippen LogP contribution in [0, 0.1) is 5.41 Å². The van der Waals surface area contributed by atoms with E-state index in [4.69, 9.17) is 10.5 Å². The van der Waals surface area contributed by atoms with Gasteiger partial charge >= 0.3 is 0 Å². The van der Waals surface area contributed by atoms with Crippen molar-refractivity contribution in [2.45, 2.75) is 51.7 Å². The highest BCUT2D eigenvalue weighted by molar-refractivity contribution is 5.87. The maximum atomic E-state index is 12.7. The van der Waals surface area contributed by atoms with Crippen LogP contribution in [-0.4, -0.2) is 25.2 Å². The molecule has 0 radical (unpaired) electrons. The molecule has 1 aliphatic rings. The van der Waals surface area contributed by atoms with E-state index >= 15 is 0 Å². The highest BCUT2D eigenvalue weighted by Gasteiger charge is 2.50. The number of benzene rings is 1. The average molecular weight is 290 g/mol. The molecule has 0 aromatic heterocycles. The normalized spacial score (nSPS) is 24.2. The van der Waals surface area contributed by atoms with Gasteiger partial charge in [0, 0.05) is 24.3 Å². The van der Waals surface area contributed by atoms with E-state index in [1.165, 1.54) is 0 Å². The summed E-state index contributed by atoms with van der Waals surface area (Å²) in [6.07, 6.45) is 1.08. The van der Waals surface area contributed by atoms with E-state index in [1.807, 2.05) is 38.1 Å². The molecule has 0 saturated heterocycles. The fraction of sp³-hybridized carbons (Fsp3) is 0.588. The van der Waals surface area contributed by atoms with Crippen molar-refractivity contribution in [3.63, 3.8) is 0 Å². The van der Waals surface area contributed by atoms with Gasteiger partial charge in [-0.3, -0.25) is 4.79 Å². The lowest BCUT2D eigenvalue weighted by atomic mass is 9.64. The second kappa shape index (κ2) is 5.34. The number of nitrogen functional groups attached to an aromatic ring is 1. The highest BCUT2D eigenvalue weighted by atomic mass is 16.5. The first kappa shape index (κ1) is 15.8. The Morgan fingerprint density at radius 1 is 1.33 bits per heavy atom. The molecule has 1 fully saturated rings. The lowest BCUT2D eigenvalue weighted by Gasteiger charge is -2.51.